The Morgan fingerprint density at radius 2 is 1.46 bits per heavy atom. The van der Waals surface area contributed by atoms with Crippen molar-refractivity contribution >= 4 is 0 Å². The minimum atomic E-state index is -1.05. The molecule has 144 valence electrons. The van der Waals surface area contributed by atoms with E-state index in [9.17, 15) is 9.50 Å². The first kappa shape index (κ1) is 18.9. The van der Waals surface area contributed by atoms with Crippen LogP contribution >= 0.6 is 0 Å². The van der Waals surface area contributed by atoms with Crippen LogP contribution in [-0.2, 0) is 5.60 Å². The monoisotopic (exact) mass is 375 g/mol. The summed E-state index contributed by atoms with van der Waals surface area (Å²) in [6.45, 7) is 2.11. The fourth-order valence-electron chi connectivity index (χ4n) is 4.66. The first-order valence-electron chi connectivity index (χ1n) is 9.96. The van der Waals surface area contributed by atoms with Crippen molar-refractivity contribution in [2.45, 2.75) is 37.5 Å². The average Bonchev–Trinajstić information content (AvgIpc) is 2.75. The third kappa shape index (κ3) is 3.48. The van der Waals surface area contributed by atoms with Crippen LogP contribution in [0.25, 0.3) is 0 Å². The molecule has 3 aromatic carbocycles. The summed E-state index contributed by atoms with van der Waals surface area (Å²) in [6.07, 6.45) is 1.35. The Labute approximate surface area is 166 Å². The van der Waals surface area contributed by atoms with Gasteiger partial charge in [-0.15, -0.1) is 0 Å². The lowest BCUT2D eigenvalue weighted by atomic mass is 9.67. The molecule has 0 aliphatic carbocycles. The van der Waals surface area contributed by atoms with Crippen molar-refractivity contribution in [1.82, 2.24) is 5.32 Å². The van der Waals surface area contributed by atoms with Crippen LogP contribution in [0.1, 0.15) is 48.5 Å². The second kappa shape index (κ2) is 7.86. The minimum absolute atomic E-state index is 0.000194. The normalized spacial score (nSPS) is 27.5. The molecule has 4 atom stereocenters. The Morgan fingerprint density at radius 3 is 2.04 bits per heavy atom. The van der Waals surface area contributed by atoms with Gasteiger partial charge in [0.15, 0.2) is 0 Å². The maximum absolute atomic E-state index is 13.5. The zero-order chi connectivity index (χ0) is 19.6. The molecular formula is C25H26FNO. The van der Waals surface area contributed by atoms with E-state index in [1.807, 2.05) is 36.4 Å². The zero-order valence-electron chi connectivity index (χ0n) is 16.1. The molecule has 1 fully saturated rings. The molecule has 0 radical (unpaired) electrons. The molecule has 2 N–H and O–H groups in total. The first-order valence-corrected chi connectivity index (χ1v) is 9.96. The van der Waals surface area contributed by atoms with Crippen LogP contribution in [0.4, 0.5) is 4.39 Å². The molecule has 1 aliphatic heterocycles. The van der Waals surface area contributed by atoms with Crippen LogP contribution in [0.5, 0.6) is 0 Å². The fourth-order valence-corrected chi connectivity index (χ4v) is 4.66. The second-order valence-electron chi connectivity index (χ2n) is 7.67. The second-order valence-corrected chi connectivity index (χ2v) is 7.67. The summed E-state index contributed by atoms with van der Waals surface area (Å²) in [5.74, 6) is -0.311. The van der Waals surface area contributed by atoms with E-state index in [2.05, 4.69) is 36.5 Å². The Kier molecular flexibility index (Phi) is 5.29. The maximum Gasteiger partial charge on any atom is 0.123 e. The highest BCUT2D eigenvalue weighted by Crippen LogP contribution is 2.49. The van der Waals surface area contributed by atoms with E-state index in [-0.39, 0.29) is 23.8 Å². The number of piperidine rings is 1. The molecule has 3 heteroatoms. The van der Waals surface area contributed by atoms with Gasteiger partial charge in [-0.3, -0.25) is 0 Å². The van der Waals surface area contributed by atoms with Gasteiger partial charge in [0.25, 0.3) is 0 Å². The molecule has 0 amide bonds. The van der Waals surface area contributed by atoms with Gasteiger partial charge in [0, 0.05) is 24.4 Å². The van der Waals surface area contributed by atoms with Gasteiger partial charge in [-0.25, -0.2) is 4.39 Å². The van der Waals surface area contributed by atoms with Crippen molar-refractivity contribution in [2.24, 2.45) is 5.92 Å². The molecule has 3 aromatic rings. The Balaban J connectivity index is 1.81. The van der Waals surface area contributed by atoms with Crippen molar-refractivity contribution in [3.63, 3.8) is 0 Å². The molecule has 28 heavy (non-hydrogen) atoms. The standard InChI is InChI=1S/C25H26FNO/c1-2-22-24(19-11-7-4-8-12-19)27-23(18-9-5-3-6-10-18)17-25(22,28)20-13-15-21(26)16-14-20/h3-16,22-24,27-28H,2,17H2,1H3/t22-,23-,24+,25-/m0/s1. The summed E-state index contributed by atoms with van der Waals surface area (Å²) < 4.78 is 13.5. The topological polar surface area (TPSA) is 32.3 Å². The minimum Gasteiger partial charge on any atom is -0.385 e. The van der Waals surface area contributed by atoms with Gasteiger partial charge in [0.1, 0.15) is 5.82 Å². The summed E-state index contributed by atoms with van der Waals surface area (Å²) in [5, 5.41) is 15.8. The molecule has 1 aliphatic rings. The third-order valence-electron chi connectivity index (χ3n) is 6.06. The number of hydrogen-bond donors (Lipinski definition) is 2. The van der Waals surface area contributed by atoms with Crippen molar-refractivity contribution in [3.8, 4) is 0 Å². The van der Waals surface area contributed by atoms with E-state index < -0.39 is 5.60 Å². The molecule has 4 rings (SSSR count). The lowest BCUT2D eigenvalue weighted by molar-refractivity contribution is -0.0830. The quantitative estimate of drug-likeness (QED) is 0.630. The van der Waals surface area contributed by atoms with Crippen molar-refractivity contribution in [2.75, 3.05) is 0 Å². The summed E-state index contributed by atoms with van der Waals surface area (Å²) in [5.41, 5.74) is 2.05. The number of nitrogens with one attached hydrogen (secondary N) is 1. The van der Waals surface area contributed by atoms with E-state index in [0.717, 1.165) is 23.1 Å². The largest absolute Gasteiger partial charge is 0.385 e. The molecule has 0 unspecified atom stereocenters. The molecule has 1 saturated heterocycles. The molecule has 0 spiro atoms. The van der Waals surface area contributed by atoms with Gasteiger partial charge in [-0.2, -0.15) is 0 Å². The Hall–Kier alpha value is -2.49. The number of benzene rings is 3. The van der Waals surface area contributed by atoms with Gasteiger partial charge in [0.2, 0.25) is 0 Å². The van der Waals surface area contributed by atoms with Crippen LogP contribution in [0.3, 0.4) is 0 Å². The molecule has 2 nitrogen and oxygen atoms in total. The molecule has 0 saturated carbocycles. The molecule has 0 aromatic heterocycles. The lowest BCUT2D eigenvalue weighted by Crippen LogP contribution is -2.51. The van der Waals surface area contributed by atoms with E-state index in [1.165, 1.54) is 12.1 Å². The number of aliphatic hydroxyl groups is 1. The third-order valence-corrected chi connectivity index (χ3v) is 6.06. The predicted octanol–water partition coefficient (Wildman–Crippen LogP) is 5.52. The highest BCUT2D eigenvalue weighted by Gasteiger charge is 2.48. The summed E-state index contributed by atoms with van der Waals surface area (Å²) >= 11 is 0. The fraction of sp³-hybridized carbons (Fsp3) is 0.280. The summed E-state index contributed by atoms with van der Waals surface area (Å²) in [4.78, 5) is 0. The van der Waals surface area contributed by atoms with Gasteiger partial charge >= 0.3 is 0 Å². The van der Waals surface area contributed by atoms with Gasteiger partial charge in [-0.05, 0) is 35.2 Å². The SMILES string of the molecule is CC[C@H]1[C@@H](c2ccccc2)N[C@H](c2ccccc2)C[C@]1(O)c1ccc(F)cc1. The van der Waals surface area contributed by atoms with Crippen LogP contribution in [-0.4, -0.2) is 5.11 Å². The number of hydrogen-bond acceptors (Lipinski definition) is 2. The van der Waals surface area contributed by atoms with E-state index in [0.29, 0.717) is 6.42 Å². The van der Waals surface area contributed by atoms with Gasteiger partial charge < -0.3 is 10.4 Å². The van der Waals surface area contributed by atoms with Crippen molar-refractivity contribution in [3.05, 3.63) is 107 Å². The summed E-state index contributed by atoms with van der Waals surface area (Å²) in [7, 11) is 0. The van der Waals surface area contributed by atoms with E-state index >= 15 is 0 Å². The number of rotatable bonds is 4. The predicted molar refractivity (Wildman–Crippen MR) is 110 cm³/mol. The van der Waals surface area contributed by atoms with Crippen LogP contribution in [0.2, 0.25) is 0 Å². The van der Waals surface area contributed by atoms with Crippen LogP contribution in [0, 0.1) is 11.7 Å². The molecule has 1 heterocycles. The van der Waals surface area contributed by atoms with Gasteiger partial charge in [0.05, 0.1) is 5.60 Å². The smallest absolute Gasteiger partial charge is 0.123 e. The Morgan fingerprint density at radius 1 is 0.893 bits per heavy atom. The van der Waals surface area contributed by atoms with Crippen LogP contribution in [0.15, 0.2) is 84.9 Å². The van der Waals surface area contributed by atoms with Crippen LogP contribution < -0.4 is 5.32 Å². The average molecular weight is 375 g/mol. The highest BCUT2D eigenvalue weighted by molar-refractivity contribution is 5.32. The summed E-state index contributed by atoms with van der Waals surface area (Å²) in [6, 6.07) is 26.9. The molecule has 0 bridgehead atoms. The lowest BCUT2D eigenvalue weighted by Gasteiger charge is -2.49. The first-order chi connectivity index (χ1) is 13.6. The molecular weight excluding hydrogens is 349 g/mol. The van der Waals surface area contributed by atoms with Crippen molar-refractivity contribution < 1.29 is 9.50 Å². The van der Waals surface area contributed by atoms with Gasteiger partial charge in [-0.1, -0.05) is 79.7 Å². The van der Waals surface area contributed by atoms with E-state index in [4.69, 9.17) is 0 Å². The number of halogens is 1. The highest BCUT2D eigenvalue weighted by atomic mass is 19.1. The Bertz CT molecular complexity index is 897. The maximum atomic E-state index is 13.5. The zero-order valence-corrected chi connectivity index (χ0v) is 16.1. The van der Waals surface area contributed by atoms with E-state index in [1.54, 1.807) is 12.1 Å². The van der Waals surface area contributed by atoms with Crippen molar-refractivity contribution in [1.29, 1.82) is 0 Å².